The SMILES string of the molecule is COc1ccc(C(=O)CN)cc1NC(C)=O. The highest BCUT2D eigenvalue weighted by Crippen LogP contribution is 2.25. The smallest absolute Gasteiger partial charge is 0.221 e. The highest BCUT2D eigenvalue weighted by atomic mass is 16.5. The Kier molecular flexibility index (Phi) is 4.02. The van der Waals surface area contributed by atoms with E-state index in [-0.39, 0.29) is 18.2 Å². The largest absolute Gasteiger partial charge is 0.495 e. The molecule has 0 unspecified atom stereocenters. The molecule has 1 aromatic carbocycles. The van der Waals surface area contributed by atoms with Gasteiger partial charge in [-0.05, 0) is 18.2 Å². The van der Waals surface area contributed by atoms with E-state index in [0.29, 0.717) is 17.0 Å². The van der Waals surface area contributed by atoms with Gasteiger partial charge in [0.05, 0.1) is 19.3 Å². The van der Waals surface area contributed by atoms with Crippen molar-refractivity contribution in [3.05, 3.63) is 23.8 Å². The molecule has 0 heterocycles. The Labute approximate surface area is 93.6 Å². The Morgan fingerprint density at radius 1 is 1.44 bits per heavy atom. The summed E-state index contributed by atoms with van der Waals surface area (Å²) < 4.78 is 5.06. The number of methoxy groups -OCH3 is 1. The van der Waals surface area contributed by atoms with Crippen LogP contribution in [0.1, 0.15) is 17.3 Å². The zero-order valence-electron chi connectivity index (χ0n) is 9.24. The predicted octanol–water partition coefficient (Wildman–Crippen LogP) is 0.795. The monoisotopic (exact) mass is 222 g/mol. The zero-order valence-corrected chi connectivity index (χ0v) is 9.24. The van der Waals surface area contributed by atoms with Crippen LogP contribution in [0, 0.1) is 0 Å². The van der Waals surface area contributed by atoms with Crippen LogP contribution >= 0.6 is 0 Å². The van der Waals surface area contributed by atoms with Crippen LogP contribution in [0.15, 0.2) is 18.2 Å². The molecule has 5 heteroatoms. The van der Waals surface area contributed by atoms with Crippen molar-refractivity contribution in [2.24, 2.45) is 5.73 Å². The van der Waals surface area contributed by atoms with Gasteiger partial charge in [-0.25, -0.2) is 0 Å². The van der Waals surface area contributed by atoms with E-state index in [9.17, 15) is 9.59 Å². The Morgan fingerprint density at radius 3 is 2.62 bits per heavy atom. The maximum absolute atomic E-state index is 11.4. The van der Waals surface area contributed by atoms with E-state index >= 15 is 0 Å². The molecule has 0 aliphatic carbocycles. The van der Waals surface area contributed by atoms with Gasteiger partial charge in [0.1, 0.15) is 5.75 Å². The van der Waals surface area contributed by atoms with Crippen LogP contribution in [0.3, 0.4) is 0 Å². The first-order valence-corrected chi connectivity index (χ1v) is 4.77. The number of nitrogens with two attached hydrogens (primary N) is 1. The lowest BCUT2D eigenvalue weighted by molar-refractivity contribution is -0.114. The number of carbonyl (C=O) groups excluding carboxylic acids is 2. The van der Waals surface area contributed by atoms with Gasteiger partial charge in [0.25, 0.3) is 0 Å². The zero-order chi connectivity index (χ0) is 12.1. The molecule has 1 rings (SSSR count). The molecule has 0 saturated carbocycles. The molecule has 0 aliphatic heterocycles. The van der Waals surface area contributed by atoms with Gasteiger partial charge in [0.2, 0.25) is 5.91 Å². The van der Waals surface area contributed by atoms with Crippen molar-refractivity contribution in [1.82, 2.24) is 0 Å². The molecule has 0 spiro atoms. The van der Waals surface area contributed by atoms with E-state index in [2.05, 4.69) is 5.32 Å². The Balaban J connectivity index is 3.10. The Bertz CT molecular complexity index is 416. The normalized spacial score (nSPS) is 9.69. The van der Waals surface area contributed by atoms with Crippen molar-refractivity contribution < 1.29 is 14.3 Å². The van der Waals surface area contributed by atoms with Gasteiger partial charge in [-0.15, -0.1) is 0 Å². The summed E-state index contributed by atoms with van der Waals surface area (Å²) in [4.78, 5) is 22.3. The fourth-order valence-electron chi connectivity index (χ4n) is 1.29. The number of ether oxygens (including phenoxy) is 1. The molecule has 5 nitrogen and oxygen atoms in total. The van der Waals surface area contributed by atoms with E-state index in [0.717, 1.165) is 0 Å². The molecule has 0 atom stereocenters. The third-order valence-corrected chi connectivity index (χ3v) is 2.02. The molecular formula is C11H14N2O3. The first-order valence-electron chi connectivity index (χ1n) is 4.77. The van der Waals surface area contributed by atoms with Gasteiger partial charge < -0.3 is 15.8 Å². The Morgan fingerprint density at radius 2 is 2.12 bits per heavy atom. The summed E-state index contributed by atoms with van der Waals surface area (Å²) in [5, 5.41) is 2.59. The minimum atomic E-state index is -0.226. The standard InChI is InChI=1S/C11H14N2O3/c1-7(14)13-9-5-8(10(15)6-12)3-4-11(9)16-2/h3-5H,6,12H2,1-2H3,(H,13,14). The molecule has 0 aromatic heterocycles. The summed E-state index contributed by atoms with van der Waals surface area (Å²) in [7, 11) is 1.49. The second-order valence-corrected chi connectivity index (χ2v) is 3.22. The lowest BCUT2D eigenvalue weighted by atomic mass is 10.1. The molecule has 16 heavy (non-hydrogen) atoms. The second-order valence-electron chi connectivity index (χ2n) is 3.22. The number of ketones is 1. The molecule has 0 saturated heterocycles. The number of amides is 1. The number of hydrogen-bond donors (Lipinski definition) is 2. The van der Waals surface area contributed by atoms with E-state index in [4.69, 9.17) is 10.5 Å². The van der Waals surface area contributed by atoms with E-state index in [1.165, 1.54) is 14.0 Å². The van der Waals surface area contributed by atoms with Crippen LogP contribution in [0.2, 0.25) is 0 Å². The van der Waals surface area contributed by atoms with Crippen LogP contribution in [0.4, 0.5) is 5.69 Å². The quantitative estimate of drug-likeness (QED) is 0.738. The molecule has 86 valence electrons. The van der Waals surface area contributed by atoms with Crippen molar-refractivity contribution in [2.45, 2.75) is 6.92 Å². The maximum Gasteiger partial charge on any atom is 0.221 e. The molecule has 0 fully saturated rings. The van der Waals surface area contributed by atoms with Gasteiger partial charge in [0, 0.05) is 12.5 Å². The van der Waals surface area contributed by atoms with Gasteiger partial charge in [-0.1, -0.05) is 0 Å². The molecule has 0 aliphatic rings. The van der Waals surface area contributed by atoms with Crippen LogP contribution in [-0.2, 0) is 4.79 Å². The van der Waals surface area contributed by atoms with Crippen molar-refractivity contribution >= 4 is 17.4 Å². The van der Waals surface area contributed by atoms with Crippen molar-refractivity contribution in [2.75, 3.05) is 19.0 Å². The van der Waals surface area contributed by atoms with Gasteiger partial charge >= 0.3 is 0 Å². The molecule has 0 radical (unpaired) electrons. The van der Waals surface area contributed by atoms with Crippen molar-refractivity contribution in [1.29, 1.82) is 0 Å². The highest BCUT2D eigenvalue weighted by molar-refractivity contribution is 6.00. The van der Waals surface area contributed by atoms with E-state index in [1.54, 1.807) is 18.2 Å². The van der Waals surface area contributed by atoms with Crippen LogP contribution in [0.5, 0.6) is 5.75 Å². The summed E-state index contributed by atoms with van der Waals surface area (Å²) in [6.45, 7) is 1.32. The maximum atomic E-state index is 11.4. The summed E-state index contributed by atoms with van der Waals surface area (Å²) in [5.41, 5.74) is 6.18. The number of benzene rings is 1. The third kappa shape index (κ3) is 2.80. The summed E-state index contributed by atoms with van der Waals surface area (Å²) in [6.07, 6.45) is 0. The molecule has 0 bridgehead atoms. The lowest BCUT2D eigenvalue weighted by Crippen LogP contribution is -2.14. The van der Waals surface area contributed by atoms with Crippen LogP contribution in [0.25, 0.3) is 0 Å². The highest BCUT2D eigenvalue weighted by Gasteiger charge is 2.09. The number of Topliss-reactive ketones (excluding diaryl/α,β-unsaturated/α-hetero) is 1. The van der Waals surface area contributed by atoms with Gasteiger partial charge in [0.15, 0.2) is 5.78 Å². The van der Waals surface area contributed by atoms with Crippen molar-refractivity contribution in [3.63, 3.8) is 0 Å². The van der Waals surface area contributed by atoms with E-state index < -0.39 is 0 Å². The fraction of sp³-hybridized carbons (Fsp3) is 0.273. The minimum Gasteiger partial charge on any atom is -0.495 e. The van der Waals surface area contributed by atoms with Crippen molar-refractivity contribution in [3.8, 4) is 5.75 Å². The summed E-state index contributed by atoms with van der Waals surface area (Å²) in [5.74, 6) is 0.0914. The van der Waals surface area contributed by atoms with Gasteiger partial charge in [-0.3, -0.25) is 9.59 Å². The molecular weight excluding hydrogens is 208 g/mol. The predicted molar refractivity (Wildman–Crippen MR) is 60.7 cm³/mol. The van der Waals surface area contributed by atoms with Gasteiger partial charge in [-0.2, -0.15) is 0 Å². The number of hydrogen-bond acceptors (Lipinski definition) is 4. The third-order valence-electron chi connectivity index (χ3n) is 2.02. The van der Waals surface area contributed by atoms with Crippen LogP contribution < -0.4 is 15.8 Å². The topological polar surface area (TPSA) is 81.4 Å². The second kappa shape index (κ2) is 5.27. The first kappa shape index (κ1) is 12.2. The average Bonchev–Trinajstić information content (AvgIpc) is 2.27. The first-order chi connectivity index (χ1) is 7.58. The summed E-state index contributed by atoms with van der Waals surface area (Å²) >= 11 is 0. The Hall–Kier alpha value is -1.88. The number of carbonyl (C=O) groups is 2. The molecule has 3 N–H and O–H groups in total. The number of nitrogens with one attached hydrogen (secondary N) is 1. The molecule has 1 amide bonds. The van der Waals surface area contributed by atoms with Crippen LogP contribution in [-0.4, -0.2) is 25.3 Å². The van der Waals surface area contributed by atoms with E-state index in [1.807, 2.05) is 0 Å². The molecule has 1 aromatic rings. The summed E-state index contributed by atoms with van der Waals surface area (Å²) in [6, 6.07) is 4.78. The fourth-order valence-corrected chi connectivity index (χ4v) is 1.29. The average molecular weight is 222 g/mol. The number of rotatable bonds is 4. The number of anilines is 1. The lowest BCUT2D eigenvalue weighted by Gasteiger charge is -2.10. The minimum absolute atomic E-state index is 0.0637.